The lowest BCUT2D eigenvalue weighted by Crippen LogP contribution is -2.17. The van der Waals surface area contributed by atoms with Crippen molar-refractivity contribution in [3.05, 3.63) is 23.3 Å². The van der Waals surface area contributed by atoms with Gasteiger partial charge in [-0.3, -0.25) is 0 Å². The highest BCUT2D eigenvalue weighted by Crippen LogP contribution is 2.42. The van der Waals surface area contributed by atoms with Crippen LogP contribution in [0.1, 0.15) is 208 Å². The number of ether oxygens (including phenoxy) is 1. The van der Waals surface area contributed by atoms with Gasteiger partial charge in [0.1, 0.15) is 11.5 Å². The van der Waals surface area contributed by atoms with Crippen molar-refractivity contribution in [1.29, 1.82) is 0 Å². The number of aromatic hydroxyl groups is 1. The van der Waals surface area contributed by atoms with Gasteiger partial charge in [0.05, 0.1) is 0 Å². The third-order valence-corrected chi connectivity index (χ3v) is 13.5. The van der Waals surface area contributed by atoms with Crippen LogP contribution >= 0.6 is 48.8 Å². The van der Waals surface area contributed by atoms with Gasteiger partial charge in [-0.2, -0.15) is 40.2 Å². The summed E-state index contributed by atoms with van der Waals surface area (Å²) in [5, 5.41) is 13.2. The Hall–Kier alpha value is -0.770. The summed E-state index contributed by atoms with van der Waals surface area (Å²) in [6.07, 6.45) is 29.1. The van der Waals surface area contributed by atoms with E-state index in [1.807, 2.05) is 12.1 Å². The molecule has 2 aromatic rings. The highest BCUT2D eigenvalue weighted by molar-refractivity contribution is 8.00. The zero-order valence-electron chi connectivity index (χ0n) is 35.7. The number of aromatic nitrogens is 3. The fourth-order valence-electron chi connectivity index (χ4n) is 6.65. The maximum absolute atomic E-state index is 11.3. The molecule has 0 fully saturated rings. The quantitative estimate of drug-likeness (QED) is 0.0412. The normalized spacial score (nSPS) is 13.4. The summed E-state index contributed by atoms with van der Waals surface area (Å²) in [6.45, 7) is 17.2. The fourth-order valence-corrected chi connectivity index (χ4v) is 9.13. The number of phenols is 1. The second kappa shape index (κ2) is 27.8. The summed E-state index contributed by atoms with van der Waals surface area (Å²) in [5.74, 6) is 2.63. The van der Waals surface area contributed by atoms with Gasteiger partial charge in [0.2, 0.25) is 0 Å². The third-order valence-electron chi connectivity index (χ3n) is 10.1. The van der Waals surface area contributed by atoms with E-state index in [-0.39, 0.29) is 27.3 Å². The van der Waals surface area contributed by atoms with E-state index in [1.54, 1.807) is 23.5 Å². The van der Waals surface area contributed by atoms with Gasteiger partial charge in [0.15, 0.2) is 10.3 Å². The minimum absolute atomic E-state index is 0.268. The summed E-state index contributed by atoms with van der Waals surface area (Å²) >= 11 is 13.2. The minimum Gasteiger partial charge on any atom is -0.507 e. The van der Waals surface area contributed by atoms with Crippen molar-refractivity contribution in [3.63, 3.8) is 0 Å². The molecule has 5 nitrogen and oxygen atoms in total. The average molecular weight is 822 g/mol. The number of unbranched alkanes of at least 4 members (excludes halogenated alkanes) is 18. The fraction of sp³-hybridized carbons (Fsp3) is 0.800. The average Bonchev–Trinajstić information content (AvgIpc) is 3.11. The molecule has 0 amide bonds. The lowest BCUT2D eigenvalue weighted by Gasteiger charge is -2.27. The monoisotopic (exact) mass is 822 g/mol. The molecule has 2 unspecified atom stereocenters. The van der Waals surface area contributed by atoms with Gasteiger partial charge >= 0.3 is 6.01 Å². The van der Waals surface area contributed by atoms with Gasteiger partial charge in [-0.05, 0) is 35.8 Å². The first-order valence-electron chi connectivity index (χ1n) is 21.7. The molecule has 0 radical (unpaired) electrons. The van der Waals surface area contributed by atoms with Gasteiger partial charge in [0.25, 0.3) is 0 Å². The summed E-state index contributed by atoms with van der Waals surface area (Å²) < 4.78 is 6.44. The van der Waals surface area contributed by atoms with E-state index in [4.69, 9.17) is 44.9 Å². The molecule has 0 aliphatic carbocycles. The van der Waals surface area contributed by atoms with Crippen LogP contribution in [0.5, 0.6) is 17.5 Å². The molecule has 0 aliphatic rings. The van der Waals surface area contributed by atoms with E-state index in [0.29, 0.717) is 21.8 Å². The van der Waals surface area contributed by atoms with Gasteiger partial charge in [0, 0.05) is 33.1 Å². The van der Waals surface area contributed by atoms with Gasteiger partial charge in [-0.25, -0.2) is 0 Å². The Bertz CT molecular complexity index is 1190. The molecule has 1 aromatic carbocycles. The molecule has 0 saturated heterocycles. The van der Waals surface area contributed by atoms with Crippen LogP contribution in [0.2, 0.25) is 0 Å². The first-order valence-corrected chi connectivity index (χ1v) is 24.7. The van der Waals surface area contributed by atoms with E-state index in [2.05, 4.69) is 55.4 Å². The van der Waals surface area contributed by atoms with Crippen LogP contribution in [0.4, 0.5) is 0 Å². The molecule has 1 aromatic heterocycles. The standard InChI is InChI=1S/C45H79N3O2S4/c1-9-11-13-15-17-19-21-23-25-27-29-36(51)33-53-42-46-41(50-35-31-38(44(3,4)5)40(49)39(32-35)45(6,7)8)47-43(48-42)54-34-37(52)30-28-26-24-22-20-18-16-14-12-10-2/h31-32,36-37,49,51-52H,9-30,33-34H2,1-8H3. The molecule has 2 atom stereocenters. The lowest BCUT2D eigenvalue weighted by atomic mass is 9.79. The highest BCUT2D eigenvalue weighted by Gasteiger charge is 2.27. The number of nitrogens with zero attached hydrogens (tertiary/aromatic N) is 3. The maximum atomic E-state index is 11.3. The summed E-state index contributed by atoms with van der Waals surface area (Å²) in [6, 6.07) is 4.15. The minimum atomic E-state index is -0.268. The predicted molar refractivity (Wildman–Crippen MR) is 245 cm³/mol. The van der Waals surface area contributed by atoms with Crippen LogP contribution < -0.4 is 4.74 Å². The molecule has 0 spiro atoms. The number of hydrogen-bond donors (Lipinski definition) is 3. The van der Waals surface area contributed by atoms with Crippen molar-refractivity contribution in [2.75, 3.05) is 11.5 Å². The van der Waals surface area contributed by atoms with Crippen molar-refractivity contribution in [2.24, 2.45) is 0 Å². The van der Waals surface area contributed by atoms with Crippen LogP contribution in [-0.4, -0.2) is 42.1 Å². The number of benzene rings is 1. The molecule has 1 heterocycles. The van der Waals surface area contributed by atoms with E-state index in [9.17, 15) is 5.11 Å². The van der Waals surface area contributed by atoms with Crippen LogP contribution in [0.25, 0.3) is 0 Å². The Morgan fingerprint density at radius 1 is 0.556 bits per heavy atom. The smallest absolute Gasteiger partial charge is 0.327 e. The summed E-state index contributed by atoms with van der Waals surface area (Å²) in [5.41, 5.74) is 1.16. The molecule has 54 heavy (non-hydrogen) atoms. The van der Waals surface area contributed by atoms with Crippen molar-refractivity contribution >= 4 is 48.8 Å². The topological polar surface area (TPSA) is 68.1 Å². The molecule has 0 aliphatic heterocycles. The van der Waals surface area contributed by atoms with E-state index in [0.717, 1.165) is 35.5 Å². The van der Waals surface area contributed by atoms with Gasteiger partial charge in [-0.1, -0.05) is 207 Å². The summed E-state index contributed by atoms with van der Waals surface area (Å²) in [7, 11) is 0. The molecule has 310 valence electrons. The molecule has 2 rings (SSSR count). The molecule has 9 heteroatoms. The molecule has 0 bridgehead atoms. The van der Waals surface area contributed by atoms with Gasteiger partial charge in [-0.15, -0.1) is 0 Å². The molecule has 1 N–H and O–H groups in total. The second-order valence-corrected chi connectivity index (χ2v) is 21.0. The van der Waals surface area contributed by atoms with Crippen molar-refractivity contribution < 1.29 is 9.84 Å². The third kappa shape index (κ3) is 21.7. The van der Waals surface area contributed by atoms with Crippen LogP contribution in [0, 0.1) is 0 Å². The number of rotatable bonds is 30. The Kier molecular flexibility index (Phi) is 25.4. The molecular weight excluding hydrogens is 743 g/mol. The number of thioether (sulfide) groups is 2. The van der Waals surface area contributed by atoms with Crippen LogP contribution in [-0.2, 0) is 10.8 Å². The predicted octanol–water partition coefficient (Wildman–Crippen LogP) is 15.4. The Morgan fingerprint density at radius 2 is 0.889 bits per heavy atom. The van der Waals surface area contributed by atoms with Crippen molar-refractivity contribution in [3.8, 4) is 17.5 Å². The number of thiol groups is 2. The van der Waals surface area contributed by atoms with Gasteiger partial charge < -0.3 is 9.84 Å². The largest absolute Gasteiger partial charge is 0.507 e. The molecular formula is C45H79N3O2S4. The first-order chi connectivity index (χ1) is 25.7. The van der Waals surface area contributed by atoms with E-state index >= 15 is 0 Å². The molecule has 0 saturated carbocycles. The number of hydrogen-bond acceptors (Lipinski definition) is 9. The SMILES string of the molecule is CCCCCCCCCCCCC(S)CSc1nc(Oc2cc(C(C)(C)C)c(O)c(C(C)(C)C)c2)nc(SCC(S)CCCCCCCCCCCC)n1. The van der Waals surface area contributed by atoms with Crippen LogP contribution in [0.3, 0.4) is 0 Å². The number of phenolic OH excluding ortho intramolecular Hbond substituents is 1. The van der Waals surface area contributed by atoms with Crippen molar-refractivity contribution in [1.82, 2.24) is 15.0 Å². The Morgan fingerprint density at radius 3 is 1.22 bits per heavy atom. The zero-order chi connectivity index (χ0) is 39.8. The Labute approximate surface area is 352 Å². The Balaban J connectivity index is 2.03. The highest BCUT2D eigenvalue weighted by atomic mass is 32.2. The van der Waals surface area contributed by atoms with Crippen molar-refractivity contribution in [2.45, 2.75) is 228 Å². The summed E-state index contributed by atoms with van der Waals surface area (Å²) in [4.78, 5) is 14.4. The zero-order valence-corrected chi connectivity index (χ0v) is 39.1. The van der Waals surface area contributed by atoms with Crippen LogP contribution in [0.15, 0.2) is 22.4 Å². The van der Waals surface area contributed by atoms with E-state index in [1.165, 1.54) is 128 Å². The van der Waals surface area contributed by atoms with E-state index < -0.39 is 0 Å². The second-order valence-electron chi connectivity index (χ2n) is 17.5. The maximum Gasteiger partial charge on any atom is 0.327 e. The first kappa shape index (κ1) is 49.4. The lowest BCUT2D eigenvalue weighted by molar-refractivity contribution is 0.401.